The van der Waals surface area contributed by atoms with Crippen LogP contribution < -0.4 is 0 Å². The zero-order valence-electron chi connectivity index (χ0n) is 5.38. The van der Waals surface area contributed by atoms with E-state index in [-0.39, 0.29) is 12.0 Å². The Morgan fingerprint density at radius 1 is 1.33 bits per heavy atom. The Bertz CT molecular complexity index is 127. The van der Waals surface area contributed by atoms with E-state index in [1.807, 2.05) is 0 Å². The van der Waals surface area contributed by atoms with E-state index in [2.05, 4.69) is 6.07 Å². The van der Waals surface area contributed by atoms with Crippen molar-refractivity contribution < 1.29 is 5.11 Å². The molecule has 0 aromatic rings. The van der Waals surface area contributed by atoms with E-state index in [4.69, 9.17) is 10.4 Å². The van der Waals surface area contributed by atoms with Crippen molar-refractivity contribution in [2.75, 3.05) is 0 Å². The highest BCUT2D eigenvalue weighted by atomic mass is 16.3. The second-order valence-corrected chi connectivity index (χ2v) is 2.59. The summed E-state index contributed by atoms with van der Waals surface area (Å²) >= 11 is 0. The van der Waals surface area contributed by atoms with Crippen LogP contribution in [0.4, 0.5) is 0 Å². The van der Waals surface area contributed by atoms with Crippen molar-refractivity contribution in [3.05, 3.63) is 0 Å². The van der Waals surface area contributed by atoms with E-state index in [1.165, 1.54) is 0 Å². The van der Waals surface area contributed by atoms with E-state index in [9.17, 15) is 0 Å². The van der Waals surface area contributed by atoms with Gasteiger partial charge in [0.05, 0.1) is 18.1 Å². The highest BCUT2D eigenvalue weighted by molar-refractivity contribution is 4.90. The van der Waals surface area contributed by atoms with Gasteiger partial charge >= 0.3 is 0 Å². The maximum atomic E-state index is 9.15. The molecule has 2 atom stereocenters. The third-order valence-electron chi connectivity index (χ3n) is 1.90. The summed E-state index contributed by atoms with van der Waals surface area (Å²) in [6, 6.07) is 2.10. The predicted octanol–water partition coefficient (Wildman–Crippen LogP) is 1.06. The van der Waals surface area contributed by atoms with Gasteiger partial charge in [-0.2, -0.15) is 5.26 Å². The van der Waals surface area contributed by atoms with Crippen LogP contribution in [0.1, 0.15) is 25.7 Å². The summed E-state index contributed by atoms with van der Waals surface area (Å²) in [4.78, 5) is 0. The van der Waals surface area contributed by atoms with Crippen molar-refractivity contribution in [3.8, 4) is 6.07 Å². The Morgan fingerprint density at radius 3 is 2.44 bits per heavy atom. The van der Waals surface area contributed by atoms with Gasteiger partial charge in [-0.25, -0.2) is 0 Å². The molecule has 2 nitrogen and oxygen atoms in total. The van der Waals surface area contributed by atoms with E-state index in [0.717, 1.165) is 25.7 Å². The van der Waals surface area contributed by atoms with Gasteiger partial charge in [0.25, 0.3) is 0 Å². The van der Waals surface area contributed by atoms with Crippen LogP contribution in [0.5, 0.6) is 0 Å². The molecule has 0 radical (unpaired) electrons. The first-order valence-corrected chi connectivity index (χ1v) is 3.42. The number of nitriles is 1. The Balaban J connectivity index is 2.41. The van der Waals surface area contributed by atoms with E-state index in [0.29, 0.717) is 0 Å². The van der Waals surface area contributed by atoms with Gasteiger partial charge in [-0.1, -0.05) is 12.8 Å². The van der Waals surface area contributed by atoms with Crippen LogP contribution >= 0.6 is 0 Å². The van der Waals surface area contributed by atoms with Crippen LogP contribution in [0.2, 0.25) is 0 Å². The summed E-state index contributed by atoms with van der Waals surface area (Å²) in [6.07, 6.45) is 3.55. The molecule has 0 aliphatic heterocycles. The second-order valence-electron chi connectivity index (χ2n) is 2.59. The molecule has 0 aromatic carbocycles. The largest absolute Gasteiger partial charge is 0.392 e. The van der Waals surface area contributed by atoms with E-state index >= 15 is 0 Å². The minimum absolute atomic E-state index is 0.0845. The maximum Gasteiger partial charge on any atom is 0.0722 e. The number of rotatable bonds is 0. The summed E-state index contributed by atoms with van der Waals surface area (Å²) in [5, 5.41) is 17.6. The molecule has 0 saturated heterocycles. The average Bonchev–Trinajstić information content (AvgIpc) is 1.89. The molecule has 2 heteroatoms. The second kappa shape index (κ2) is 2.84. The summed E-state index contributed by atoms with van der Waals surface area (Å²) < 4.78 is 0. The Labute approximate surface area is 55.1 Å². The number of hydrogen-bond acceptors (Lipinski definition) is 2. The van der Waals surface area contributed by atoms with Crippen LogP contribution in [0.15, 0.2) is 0 Å². The van der Waals surface area contributed by atoms with Crippen molar-refractivity contribution in [2.24, 2.45) is 5.92 Å². The minimum Gasteiger partial charge on any atom is -0.392 e. The molecule has 1 aliphatic rings. The zero-order chi connectivity index (χ0) is 6.69. The summed E-state index contributed by atoms with van der Waals surface area (Å²) in [7, 11) is 0. The molecular formula is C7H11NO. The Hall–Kier alpha value is -0.550. The molecule has 0 amide bonds. The average molecular weight is 125 g/mol. The van der Waals surface area contributed by atoms with Crippen molar-refractivity contribution in [3.63, 3.8) is 0 Å². The first-order chi connectivity index (χ1) is 4.34. The van der Waals surface area contributed by atoms with Crippen molar-refractivity contribution in [1.82, 2.24) is 0 Å². The maximum absolute atomic E-state index is 9.15. The number of aliphatic hydroxyl groups is 1. The van der Waals surface area contributed by atoms with Gasteiger partial charge in [-0.15, -0.1) is 0 Å². The minimum atomic E-state index is -0.344. The highest BCUT2D eigenvalue weighted by Crippen LogP contribution is 2.22. The Morgan fingerprint density at radius 2 is 2.00 bits per heavy atom. The lowest BCUT2D eigenvalue weighted by Gasteiger charge is -2.20. The fraction of sp³-hybridized carbons (Fsp3) is 0.857. The highest BCUT2D eigenvalue weighted by Gasteiger charge is 2.21. The molecule has 0 bridgehead atoms. The molecule has 1 fully saturated rings. The third kappa shape index (κ3) is 1.43. The topological polar surface area (TPSA) is 44.0 Å². The fourth-order valence-corrected chi connectivity index (χ4v) is 1.26. The van der Waals surface area contributed by atoms with Gasteiger partial charge in [0.2, 0.25) is 0 Å². The normalized spacial score (nSPS) is 35.6. The zero-order valence-corrected chi connectivity index (χ0v) is 5.38. The lowest BCUT2D eigenvalue weighted by Crippen LogP contribution is -2.22. The number of nitrogens with zero attached hydrogens (tertiary/aromatic N) is 1. The Kier molecular flexibility index (Phi) is 2.07. The lowest BCUT2D eigenvalue weighted by atomic mass is 9.88. The molecular weight excluding hydrogens is 114 g/mol. The lowest BCUT2D eigenvalue weighted by molar-refractivity contribution is 0.0961. The molecule has 9 heavy (non-hydrogen) atoms. The predicted molar refractivity (Wildman–Crippen MR) is 33.6 cm³/mol. The molecule has 1 N–H and O–H groups in total. The van der Waals surface area contributed by atoms with Crippen molar-refractivity contribution >= 4 is 0 Å². The van der Waals surface area contributed by atoms with Gasteiger partial charge in [0.15, 0.2) is 0 Å². The summed E-state index contributed by atoms with van der Waals surface area (Å²) in [6.45, 7) is 0. The molecule has 0 heterocycles. The molecule has 50 valence electrons. The van der Waals surface area contributed by atoms with Crippen LogP contribution in [-0.2, 0) is 0 Å². The van der Waals surface area contributed by atoms with Crippen LogP contribution in [0.25, 0.3) is 0 Å². The molecule has 1 saturated carbocycles. The van der Waals surface area contributed by atoms with Crippen LogP contribution in [-0.4, -0.2) is 11.2 Å². The molecule has 1 aliphatic carbocycles. The van der Waals surface area contributed by atoms with Crippen LogP contribution in [0, 0.1) is 17.2 Å². The standard InChI is InChI=1S/C7H11NO/c8-5-6-3-1-2-4-7(6)9/h6-7,9H,1-4H2/t6-,7-/m1/s1. The van der Waals surface area contributed by atoms with Gasteiger partial charge in [-0.3, -0.25) is 0 Å². The van der Waals surface area contributed by atoms with Gasteiger partial charge in [0.1, 0.15) is 0 Å². The quantitative estimate of drug-likeness (QED) is 0.526. The van der Waals surface area contributed by atoms with Crippen LogP contribution in [0.3, 0.4) is 0 Å². The van der Waals surface area contributed by atoms with Crippen molar-refractivity contribution in [2.45, 2.75) is 31.8 Å². The smallest absolute Gasteiger partial charge is 0.0722 e. The first-order valence-electron chi connectivity index (χ1n) is 3.42. The van der Waals surface area contributed by atoms with E-state index in [1.54, 1.807) is 0 Å². The first kappa shape index (κ1) is 6.57. The fourth-order valence-electron chi connectivity index (χ4n) is 1.26. The third-order valence-corrected chi connectivity index (χ3v) is 1.90. The molecule has 1 rings (SSSR count). The van der Waals surface area contributed by atoms with Gasteiger partial charge in [-0.05, 0) is 12.8 Å². The molecule has 0 spiro atoms. The number of aliphatic hydroxyl groups excluding tert-OH is 1. The molecule has 0 aromatic heterocycles. The summed E-state index contributed by atoms with van der Waals surface area (Å²) in [5.41, 5.74) is 0. The number of hydrogen-bond donors (Lipinski definition) is 1. The van der Waals surface area contributed by atoms with Crippen molar-refractivity contribution in [1.29, 1.82) is 5.26 Å². The summed E-state index contributed by atoms with van der Waals surface area (Å²) in [5.74, 6) is -0.0845. The van der Waals surface area contributed by atoms with Gasteiger partial charge in [0, 0.05) is 0 Å². The SMILES string of the molecule is N#C[C@H]1CCCC[C@H]1O. The molecule has 0 unspecified atom stereocenters. The monoisotopic (exact) mass is 125 g/mol. The van der Waals surface area contributed by atoms with Gasteiger partial charge < -0.3 is 5.11 Å². The van der Waals surface area contributed by atoms with E-state index < -0.39 is 0 Å².